The molecule has 1 aromatic heterocycles. The van der Waals surface area contributed by atoms with Gasteiger partial charge in [0.05, 0.1) is 5.69 Å². The van der Waals surface area contributed by atoms with Gasteiger partial charge in [-0.15, -0.1) is 0 Å². The molecule has 0 spiro atoms. The molecule has 0 atom stereocenters. The molecule has 14 heavy (non-hydrogen) atoms. The van der Waals surface area contributed by atoms with Gasteiger partial charge in [0, 0.05) is 12.6 Å². The van der Waals surface area contributed by atoms with Crippen molar-refractivity contribution >= 4 is 5.97 Å². The standard InChI is InChI=1S/C11H15NO2/c1-2-3-7-11(13)14-9-10-6-4-5-8-12-10/h4-6,8H,2-3,7,9H2,1H3. The van der Waals surface area contributed by atoms with E-state index in [2.05, 4.69) is 4.98 Å². The molecule has 1 heterocycles. The van der Waals surface area contributed by atoms with E-state index in [-0.39, 0.29) is 12.6 Å². The Balaban J connectivity index is 2.24. The van der Waals surface area contributed by atoms with Gasteiger partial charge in [0.25, 0.3) is 0 Å². The van der Waals surface area contributed by atoms with Crippen LogP contribution in [0.3, 0.4) is 0 Å². The Morgan fingerprint density at radius 3 is 3.00 bits per heavy atom. The lowest BCUT2D eigenvalue weighted by atomic mass is 10.2. The fraction of sp³-hybridized carbons (Fsp3) is 0.455. The normalized spacial score (nSPS) is 9.79. The molecular formula is C11H15NO2. The third-order valence-electron chi connectivity index (χ3n) is 1.84. The van der Waals surface area contributed by atoms with Gasteiger partial charge in [-0.1, -0.05) is 19.4 Å². The summed E-state index contributed by atoms with van der Waals surface area (Å²) in [7, 11) is 0. The largest absolute Gasteiger partial charge is 0.459 e. The number of ether oxygens (including phenoxy) is 1. The third kappa shape index (κ3) is 4.03. The molecule has 0 aliphatic rings. The fourth-order valence-corrected chi connectivity index (χ4v) is 1.03. The van der Waals surface area contributed by atoms with Gasteiger partial charge in [0.1, 0.15) is 6.61 Å². The number of nitrogens with zero attached hydrogens (tertiary/aromatic N) is 1. The molecule has 0 aromatic carbocycles. The summed E-state index contributed by atoms with van der Waals surface area (Å²) in [5.74, 6) is -0.141. The molecule has 0 N–H and O–H groups in total. The second kappa shape index (κ2) is 6.13. The second-order valence-corrected chi connectivity index (χ2v) is 3.09. The van der Waals surface area contributed by atoms with Crippen LogP contribution in [0.2, 0.25) is 0 Å². The topological polar surface area (TPSA) is 39.2 Å². The van der Waals surface area contributed by atoms with Crippen molar-refractivity contribution in [2.45, 2.75) is 32.8 Å². The van der Waals surface area contributed by atoms with E-state index in [0.29, 0.717) is 6.42 Å². The van der Waals surface area contributed by atoms with Crippen molar-refractivity contribution in [1.29, 1.82) is 0 Å². The van der Waals surface area contributed by atoms with Gasteiger partial charge >= 0.3 is 5.97 Å². The summed E-state index contributed by atoms with van der Waals surface area (Å²) in [4.78, 5) is 15.2. The van der Waals surface area contributed by atoms with Crippen LogP contribution < -0.4 is 0 Å². The molecule has 0 unspecified atom stereocenters. The third-order valence-corrected chi connectivity index (χ3v) is 1.84. The lowest BCUT2D eigenvalue weighted by Crippen LogP contribution is -2.04. The highest BCUT2D eigenvalue weighted by Gasteiger charge is 2.02. The van der Waals surface area contributed by atoms with E-state index < -0.39 is 0 Å². The van der Waals surface area contributed by atoms with Crippen LogP contribution in [0.5, 0.6) is 0 Å². The maximum atomic E-state index is 11.1. The van der Waals surface area contributed by atoms with Crippen LogP contribution in [0.1, 0.15) is 31.9 Å². The van der Waals surface area contributed by atoms with E-state index in [1.165, 1.54) is 0 Å². The molecule has 0 saturated heterocycles. The SMILES string of the molecule is CCCCC(=O)OCc1ccccn1. The van der Waals surface area contributed by atoms with Crippen molar-refractivity contribution in [3.05, 3.63) is 30.1 Å². The van der Waals surface area contributed by atoms with Crippen molar-refractivity contribution < 1.29 is 9.53 Å². The first-order valence-corrected chi connectivity index (χ1v) is 4.88. The molecule has 0 bridgehead atoms. The highest BCUT2D eigenvalue weighted by Crippen LogP contribution is 2.00. The van der Waals surface area contributed by atoms with Crippen LogP contribution in [0.15, 0.2) is 24.4 Å². The Bertz CT molecular complexity index is 272. The first-order chi connectivity index (χ1) is 6.83. The number of carbonyl (C=O) groups excluding carboxylic acids is 1. The zero-order valence-corrected chi connectivity index (χ0v) is 8.40. The van der Waals surface area contributed by atoms with Crippen molar-refractivity contribution in [2.75, 3.05) is 0 Å². The van der Waals surface area contributed by atoms with Gasteiger partial charge in [-0.25, -0.2) is 0 Å². The van der Waals surface area contributed by atoms with Crippen molar-refractivity contribution in [3.63, 3.8) is 0 Å². The van der Waals surface area contributed by atoms with Gasteiger partial charge in [-0.2, -0.15) is 0 Å². The minimum Gasteiger partial charge on any atom is -0.459 e. The predicted molar refractivity (Wildman–Crippen MR) is 53.6 cm³/mol. The van der Waals surface area contributed by atoms with Crippen LogP contribution in [0.4, 0.5) is 0 Å². The quantitative estimate of drug-likeness (QED) is 0.673. The predicted octanol–water partition coefficient (Wildman–Crippen LogP) is 2.32. The smallest absolute Gasteiger partial charge is 0.306 e. The number of aromatic nitrogens is 1. The Labute approximate surface area is 84.1 Å². The molecule has 76 valence electrons. The molecule has 0 fully saturated rings. The molecule has 0 saturated carbocycles. The van der Waals surface area contributed by atoms with Crippen LogP contribution in [0, 0.1) is 0 Å². The van der Waals surface area contributed by atoms with Crippen molar-refractivity contribution in [1.82, 2.24) is 4.98 Å². The van der Waals surface area contributed by atoms with Crippen LogP contribution in [-0.4, -0.2) is 11.0 Å². The lowest BCUT2D eigenvalue weighted by Gasteiger charge is -2.02. The Kier molecular flexibility index (Phi) is 4.69. The number of esters is 1. The number of hydrogen-bond acceptors (Lipinski definition) is 3. The van der Waals surface area contributed by atoms with Crippen molar-refractivity contribution in [2.24, 2.45) is 0 Å². The minimum atomic E-state index is -0.141. The van der Waals surface area contributed by atoms with E-state index in [4.69, 9.17) is 4.74 Å². The average molecular weight is 193 g/mol. The molecule has 1 rings (SSSR count). The molecule has 0 amide bonds. The van der Waals surface area contributed by atoms with Gasteiger partial charge in [0.2, 0.25) is 0 Å². The molecule has 3 heteroatoms. The summed E-state index contributed by atoms with van der Waals surface area (Å²) < 4.78 is 5.03. The van der Waals surface area contributed by atoms with Crippen LogP contribution in [-0.2, 0) is 16.1 Å². The summed E-state index contributed by atoms with van der Waals surface area (Å²) in [5, 5.41) is 0. The summed E-state index contributed by atoms with van der Waals surface area (Å²) in [5.41, 5.74) is 0.789. The van der Waals surface area contributed by atoms with Gasteiger partial charge in [-0.3, -0.25) is 9.78 Å². The van der Waals surface area contributed by atoms with Crippen molar-refractivity contribution in [3.8, 4) is 0 Å². The molecule has 3 nitrogen and oxygen atoms in total. The molecular weight excluding hydrogens is 178 g/mol. The summed E-state index contributed by atoms with van der Waals surface area (Å²) in [6.07, 6.45) is 4.10. The lowest BCUT2D eigenvalue weighted by molar-refractivity contribution is -0.145. The highest BCUT2D eigenvalue weighted by atomic mass is 16.5. The molecule has 0 aliphatic heterocycles. The Hall–Kier alpha value is -1.38. The summed E-state index contributed by atoms with van der Waals surface area (Å²) >= 11 is 0. The average Bonchev–Trinajstić information content (AvgIpc) is 2.25. The van der Waals surface area contributed by atoms with Gasteiger partial charge in [0.15, 0.2) is 0 Å². The second-order valence-electron chi connectivity index (χ2n) is 3.09. The number of carbonyl (C=O) groups is 1. The van der Waals surface area contributed by atoms with E-state index in [1.807, 2.05) is 25.1 Å². The zero-order chi connectivity index (χ0) is 10.2. The Morgan fingerprint density at radius 1 is 1.50 bits per heavy atom. The first-order valence-electron chi connectivity index (χ1n) is 4.88. The van der Waals surface area contributed by atoms with Gasteiger partial charge in [-0.05, 0) is 18.6 Å². The minimum absolute atomic E-state index is 0.141. The highest BCUT2D eigenvalue weighted by molar-refractivity contribution is 5.69. The van der Waals surface area contributed by atoms with Crippen LogP contribution in [0.25, 0.3) is 0 Å². The maximum Gasteiger partial charge on any atom is 0.306 e. The molecule has 1 aromatic rings. The van der Waals surface area contributed by atoms with E-state index in [0.717, 1.165) is 18.5 Å². The number of pyridine rings is 1. The van der Waals surface area contributed by atoms with E-state index in [9.17, 15) is 4.79 Å². The zero-order valence-electron chi connectivity index (χ0n) is 8.40. The fourth-order valence-electron chi connectivity index (χ4n) is 1.03. The molecule has 0 radical (unpaired) electrons. The monoisotopic (exact) mass is 193 g/mol. The molecule has 0 aliphatic carbocycles. The van der Waals surface area contributed by atoms with Crippen LogP contribution >= 0.6 is 0 Å². The number of unbranched alkanes of at least 4 members (excludes halogenated alkanes) is 1. The summed E-state index contributed by atoms with van der Waals surface area (Å²) in [6.45, 7) is 2.33. The maximum absolute atomic E-state index is 11.1. The van der Waals surface area contributed by atoms with E-state index >= 15 is 0 Å². The first kappa shape index (κ1) is 10.7. The van der Waals surface area contributed by atoms with E-state index in [1.54, 1.807) is 6.20 Å². The Morgan fingerprint density at radius 2 is 2.36 bits per heavy atom. The number of hydrogen-bond donors (Lipinski definition) is 0. The van der Waals surface area contributed by atoms with Gasteiger partial charge < -0.3 is 4.74 Å². The summed E-state index contributed by atoms with van der Waals surface area (Å²) in [6, 6.07) is 5.55. The number of rotatable bonds is 5.